The molecule has 0 aliphatic rings. The second kappa shape index (κ2) is 6.32. The molecule has 88 valence electrons. The summed E-state index contributed by atoms with van der Waals surface area (Å²) in [4.78, 5) is 21.4. The van der Waals surface area contributed by atoms with Gasteiger partial charge in [-0.1, -0.05) is 6.42 Å². The normalized spacial score (nSPS) is 10.3. The SMILES string of the molecule is O=c1ccc([N+](=O)[O-])cn1CCCCCS. The van der Waals surface area contributed by atoms with Gasteiger partial charge < -0.3 is 4.57 Å². The van der Waals surface area contributed by atoms with Crippen molar-refractivity contribution in [3.05, 3.63) is 38.8 Å². The van der Waals surface area contributed by atoms with Gasteiger partial charge in [-0.25, -0.2) is 0 Å². The van der Waals surface area contributed by atoms with Crippen molar-refractivity contribution in [2.24, 2.45) is 0 Å². The molecule has 0 aliphatic heterocycles. The number of pyridine rings is 1. The lowest BCUT2D eigenvalue weighted by molar-refractivity contribution is -0.385. The van der Waals surface area contributed by atoms with E-state index in [0.717, 1.165) is 25.0 Å². The molecule has 0 radical (unpaired) electrons. The van der Waals surface area contributed by atoms with Crippen LogP contribution in [0.3, 0.4) is 0 Å². The molecule has 16 heavy (non-hydrogen) atoms. The van der Waals surface area contributed by atoms with Crippen molar-refractivity contribution < 1.29 is 4.92 Å². The third-order valence-electron chi connectivity index (χ3n) is 2.24. The average Bonchev–Trinajstić information content (AvgIpc) is 2.26. The van der Waals surface area contributed by atoms with E-state index in [1.54, 1.807) is 0 Å². The number of aromatic nitrogens is 1. The van der Waals surface area contributed by atoms with Gasteiger partial charge in [0.2, 0.25) is 0 Å². The second-order valence-electron chi connectivity index (χ2n) is 3.46. The summed E-state index contributed by atoms with van der Waals surface area (Å²) in [7, 11) is 0. The highest BCUT2D eigenvalue weighted by atomic mass is 32.1. The Bertz CT molecular complexity index is 417. The van der Waals surface area contributed by atoms with Gasteiger partial charge >= 0.3 is 0 Å². The van der Waals surface area contributed by atoms with Gasteiger partial charge in [0.1, 0.15) is 0 Å². The number of aryl methyl sites for hydroxylation is 1. The molecule has 0 aliphatic carbocycles. The first-order valence-corrected chi connectivity index (χ1v) is 5.74. The summed E-state index contributed by atoms with van der Waals surface area (Å²) in [5, 5.41) is 10.5. The largest absolute Gasteiger partial charge is 0.309 e. The molecule has 1 aromatic heterocycles. The van der Waals surface area contributed by atoms with E-state index in [1.807, 2.05) is 0 Å². The van der Waals surface area contributed by atoms with E-state index in [0.29, 0.717) is 6.54 Å². The average molecular weight is 242 g/mol. The van der Waals surface area contributed by atoms with Gasteiger partial charge in [0, 0.05) is 18.7 Å². The van der Waals surface area contributed by atoms with Gasteiger partial charge in [-0.2, -0.15) is 12.6 Å². The van der Waals surface area contributed by atoms with Crippen LogP contribution in [0.5, 0.6) is 0 Å². The smallest absolute Gasteiger partial charge is 0.285 e. The molecule has 0 bridgehead atoms. The molecule has 1 aromatic rings. The Kier molecular flexibility index (Phi) is 5.04. The molecule has 0 amide bonds. The summed E-state index contributed by atoms with van der Waals surface area (Å²) >= 11 is 4.09. The van der Waals surface area contributed by atoms with Crippen molar-refractivity contribution >= 4 is 18.3 Å². The van der Waals surface area contributed by atoms with Crippen LogP contribution in [0, 0.1) is 10.1 Å². The fraction of sp³-hybridized carbons (Fsp3) is 0.500. The maximum atomic E-state index is 11.4. The van der Waals surface area contributed by atoms with Crippen LogP contribution >= 0.6 is 12.6 Å². The quantitative estimate of drug-likeness (QED) is 0.358. The third-order valence-corrected chi connectivity index (χ3v) is 2.55. The van der Waals surface area contributed by atoms with Crippen LogP contribution in [0.1, 0.15) is 19.3 Å². The first-order chi connectivity index (χ1) is 7.65. The Balaban J connectivity index is 2.67. The number of hydrogen-bond acceptors (Lipinski definition) is 4. The summed E-state index contributed by atoms with van der Waals surface area (Å²) in [6.07, 6.45) is 4.09. The van der Waals surface area contributed by atoms with Crippen LogP contribution in [0.4, 0.5) is 5.69 Å². The van der Waals surface area contributed by atoms with Gasteiger partial charge in [-0.15, -0.1) is 0 Å². The molecule has 0 fully saturated rings. The number of thiol groups is 1. The third kappa shape index (κ3) is 3.69. The van der Waals surface area contributed by atoms with Crippen LogP contribution in [-0.2, 0) is 6.54 Å². The van der Waals surface area contributed by atoms with Gasteiger partial charge in [0.15, 0.2) is 0 Å². The summed E-state index contributed by atoms with van der Waals surface area (Å²) in [6, 6.07) is 2.46. The molecular weight excluding hydrogens is 228 g/mol. The Morgan fingerprint density at radius 2 is 2.06 bits per heavy atom. The minimum absolute atomic E-state index is 0.0474. The second-order valence-corrected chi connectivity index (χ2v) is 3.91. The fourth-order valence-electron chi connectivity index (χ4n) is 1.37. The molecule has 0 atom stereocenters. The summed E-state index contributed by atoms with van der Waals surface area (Å²) in [6.45, 7) is 0.522. The zero-order valence-electron chi connectivity index (χ0n) is 8.83. The van der Waals surface area contributed by atoms with Crippen LogP contribution in [0.2, 0.25) is 0 Å². The maximum absolute atomic E-state index is 11.4. The molecule has 0 N–H and O–H groups in total. The lowest BCUT2D eigenvalue weighted by Gasteiger charge is -2.04. The first-order valence-electron chi connectivity index (χ1n) is 5.11. The molecule has 0 unspecified atom stereocenters. The topological polar surface area (TPSA) is 65.1 Å². The molecule has 0 saturated heterocycles. The fourth-order valence-corrected chi connectivity index (χ4v) is 1.60. The molecule has 0 spiro atoms. The Hall–Kier alpha value is -1.30. The van der Waals surface area contributed by atoms with Gasteiger partial charge in [0.05, 0.1) is 11.1 Å². The maximum Gasteiger partial charge on any atom is 0.285 e. The molecule has 1 heterocycles. The van der Waals surface area contributed by atoms with E-state index in [1.165, 1.54) is 22.9 Å². The minimum atomic E-state index is -0.496. The number of nitro groups is 1. The number of hydrogen-bond donors (Lipinski definition) is 1. The van der Waals surface area contributed by atoms with E-state index in [4.69, 9.17) is 0 Å². The molecule has 6 heteroatoms. The van der Waals surface area contributed by atoms with Crippen molar-refractivity contribution in [1.29, 1.82) is 0 Å². The lowest BCUT2D eigenvalue weighted by Crippen LogP contribution is -2.18. The number of nitrogens with zero attached hydrogens (tertiary/aromatic N) is 2. The zero-order chi connectivity index (χ0) is 12.0. The van der Waals surface area contributed by atoms with Crippen molar-refractivity contribution in [3.8, 4) is 0 Å². The van der Waals surface area contributed by atoms with Gasteiger partial charge in [-0.05, 0) is 18.6 Å². The Morgan fingerprint density at radius 1 is 1.31 bits per heavy atom. The Labute approximate surface area is 98.7 Å². The lowest BCUT2D eigenvalue weighted by atomic mass is 10.2. The number of rotatable bonds is 6. The standard InChI is InChI=1S/C10H14N2O3S/c13-10-5-4-9(12(14)15)8-11(10)6-2-1-3-7-16/h4-5,8,16H,1-3,6-7H2. The van der Waals surface area contributed by atoms with Crippen molar-refractivity contribution in [3.63, 3.8) is 0 Å². The predicted octanol–water partition coefficient (Wildman–Crippen LogP) is 1.86. The van der Waals surface area contributed by atoms with Crippen LogP contribution in [-0.4, -0.2) is 15.2 Å². The van der Waals surface area contributed by atoms with Crippen LogP contribution < -0.4 is 5.56 Å². The molecule has 0 saturated carbocycles. The zero-order valence-corrected chi connectivity index (χ0v) is 9.73. The number of unbranched alkanes of at least 4 members (excludes halogenated alkanes) is 2. The van der Waals surface area contributed by atoms with Crippen molar-refractivity contribution in [2.75, 3.05) is 5.75 Å². The van der Waals surface area contributed by atoms with E-state index >= 15 is 0 Å². The highest BCUT2D eigenvalue weighted by Crippen LogP contribution is 2.07. The monoisotopic (exact) mass is 242 g/mol. The summed E-state index contributed by atoms with van der Waals surface area (Å²) < 4.78 is 1.39. The highest BCUT2D eigenvalue weighted by Gasteiger charge is 2.06. The van der Waals surface area contributed by atoms with E-state index in [9.17, 15) is 14.9 Å². The van der Waals surface area contributed by atoms with Crippen LogP contribution in [0.25, 0.3) is 0 Å². The Morgan fingerprint density at radius 3 is 2.69 bits per heavy atom. The van der Waals surface area contributed by atoms with Gasteiger partial charge in [0.25, 0.3) is 11.2 Å². The molecule has 0 aromatic carbocycles. The summed E-state index contributed by atoms with van der Waals surface area (Å²) in [5.41, 5.74) is -0.245. The molecule has 1 rings (SSSR count). The predicted molar refractivity (Wildman–Crippen MR) is 65.1 cm³/mol. The van der Waals surface area contributed by atoms with Crippen molar-refractivity contribution in [1.82, 2.24) is 4.57 Å². The summed E-state index contributed by atoms with van der Waals surface area (Å²) in [5.74, 6) is 0.823. The first kappa shape index (κ1) is 12.8. The van der Waals surface area contributed by atoms with Crippen molar-refractivity contribution in [2.45, 2.75) is 25.8 Å². The highest BCUT2D eigenvalue weighted by molar-refractivity contribution is 7.80. The van der Waals surface area contributed by atoms with Crippen LogP contribution in [0.15, 0.2) is 23.1 Å². The van der Waals surface area contributed by atoms with E-state index in [-0.39, 0.29) is 11.2 Å². The molecule has 5 nitrogen and oxygen atoms in total. The van der Waals surface area contributed by atoms with Gasteiger partial charge in [-0.3, -0.25) is 14.9 Å². The molecular formula is C10H14N2O3S. The van der Waals surface area contributed by atoms with E-state index < -0.39 is 4.92 Å². The minimum Gasteiger partial charge on any atom is -0.309 e. The van der Waals surface area contributed by atoms with E-state index in [2.05, 4.69) is 12.6 Å².